The second-order valence-electron chi connectivity index (χ2n) is 5.06. The molecule has 20 heavy (non-hydrogen) atoms. The molecule has 108 valence electrons. The molecule has 1 spiro atoms. The Kier molecular flexibility index (Phi) is 4.04. The van der Waals surface area contributed by atoms with Crippen molar-refractivity contribution in [1.29, 1.82) is 0 Å². The van der Waals surface area contributed by atoms with E-state index in [0.29, 0.717) is 36.9 Å². The molecule has 0 atom stereocenters. The Bertz CT molecular complexity index is 531. The minimum Gasteiger partial charge on any atom is -0.346 e. The van der Waals surface area contributed by atoms with Crippen molar-refractivity contribution >= 4 is 33.4 Å². The van der Waals surface area contributed by atoms with Crippen molar-refractivity contribution in [1.82, 2.24) is 4.90 Å². The zero-order valence-corrected chi connectivity index (χ0v) is 13.2. The first-order valence-corrected chi connectivity index (χ1v) is 7.79. The molecule has 1 amide bonds. The van der Waals surface area contributed by atoms with E-state index in [0.717, 1.165) is 17.3 Å². The number of nitrogens with zero attached hydrogens (tertiary/aromatic N) is 1. The smallest absolute Gasteiger partial charge is 0.255 e. The van der Waals surface area contributed by atoms with E-state index in [1.807, 2.05) is 0 Å². The van der Waals surface area contributed by atoms with Crippen LogP contribution in [0.25, 0.3) is 0 Å². The quantitative estimate of drug-likeness (QED) is 0.772. The number of ether oxygens (including phenoxy) is 2. The van der Waals surface area contributed by atoms with Gasteiger partial charge in [0, 0.05) is 22.5 Å². The lowest BCUT2D eigenvalue weighted by Crippen LogP contribution is -2.51. The van der Waals surface area contributed by atoms with Crippen molar-refractivity contribution in [3.8, 4) is 0 Å². The van der Waals surface area contributed by atoms with Crippen LogP contribution in [0.4, 0.5) is 0 Å². The number of amides is 1. The number of hydrogen-bond acceptors (Lipinski definition) is 3. The van der Waals surface area contributed by atoms with E-state index >= 15 is 0 Å². The maximum absolute atomic E-state index is 12.6. The van der Waals surface area contributed by atoms with Gasteiger partial charge in [0.25, 0.3) is 5.91 Å². The van der Waals surface area contributed by atoms with E-state index in [9.17, 15) is 4.79 Å². The van der Waals surface area contributed by atoms with Gasteiger partial charge in [0.2, 0.25) is 0 Å². The Hall–Kier alpha value is -0.620. The summed E-state index contributed by atoms with van der Waals surface area (Å²) in [5.41, 5.74) is 0.576. The Morgan fingerprint density at radius 1 is 1.35 bits per heavy atom. The largest absolute Gasteiger partial charge is 0.346 e. The molecular formula is C14H15BrClNO3. The van der Waals surface area contributed by atoms with Gasteiger partial charge >= 0.3 is 0 Å². The topological polar surface area (TPSA) is 38.8 Å². The van der Waals surface area contributed by atoms with Gasteiger partial charge in [-0.1, -0.05) is 11.6 Å². The van der Waals surface area contributed by atoms with E-state index in [-0.39, 0.29) is 5.91 Å². The molecule has 4 nitrogen and oxygen atoms in total. The average Bonchev–Trinajstić information content (AvgIpc) is 2.88. The summed E-state index contributed by atoms with van der Waals surface area (Å²) in [7, 11) is 0. The molecular weight excluding hydrogens is 346 g/mol. The fraction of sp³-hybridized carbons (Fsp3) is 0.500. The van der Waals surface area contributed by atoms with Crippen LogP contribution in [-0.4, -0.2) is 42.9 Å². The van der Waals surface area contributed by atoms with Gasteiger partial charge in [-0.3, -0.25) is 4.79 Å². The van der Waals surface area contributed by atoms with Crippen molar-refractivity contribution in [2.24, 2.45) is 0 Å². The zero-order valence-electron chi connectivity index (χ0n) is 10.9. The van der Waals surface area contributed by atoms with E-state index in [2.05, 4.69) is 15.9 Å². The van der Waals surface area contributed by atoms with Gasteiger partial charge in [0.1, 0.15) is 0 Å². The Morgan fingerprint density at radius 2 is 2.10 bits per heavy atom. The molecule has 0 unspecified atom stereocenters. The van der Waals surface area contributed by atoms with Crippen molar-refractivity contribution in [3.63, 3.8) is 0 Å². The molecule has 0 bridgehead atoms. The van der Waals surface area contributed by atoms with Gasteiger partial charge in [-0.2, -0.15) is 0 Å². The summed E-state index contributed by atoms with van der Waals surface area (Å²) in [5.74, 6) is -0.642. The molecule has 2 fully saturated rings. The summed E-state index contributed by atoms with van der Waals surface area (Å²) >= 11 is 9.38. The predicted molar refractivity (Wildman–Crippen MR) is 78.9 cm³/mol. The highest BCUT2D eigenvalue weighted by Crippen LogP contribution is 2.32. The van der Waals surface area contributed by atoms with E-state index < -0.39 is 5.79 Å². The van der Waals surface area contributed by atoms with Gasteiger partial charge in [-0.05, 0) is 40.5 Å². The molecule has 0 aliphatic carbocycles. The highest BCUT2D eigenvalue weighted by Gasteiger charge is 2.42. The number of carbonyl (C=O) groups excluding carboxylic acids is 1. The Morgan fingerprint density at radius 3 is 2.85 bits per heavy atom. The molecule has 3 rings (SSSR count). The predicted octanol–water partition coefficient (Wildman–Crippen LogP) is 3.08. The molecule has 2 aliphatic heterocycles. The molecule has 2 heterocycles. The van der Waals surface area contributed by atoms with Crippen LogP contribution in [-0.2, 0) is 9.47 Å². The Labute approximate surface area is 131 Å². The minimum absolute atomic E-state index is 0.0439. The van der Waals surface area contributed by atoms with Gasteiger partial charge < -0.3 is 14.4 Å². The van der Waals surface area contributed by atoms with Crippen LogP contribution >= 0.6 is 27.5 Å². The minimum atomic E-state index is -0.598. The van der Waals surface area contributed by atoms with E-state index in [4.69, 9.17) is 21.1 Å². The summed E-state index contributed by atoms with van der Waals surface area (Å²) in [5, 5.41) is 0.552. The monoisotopic (exact) mass is 359 g/mol. The molecule has 0 aromatic heterocycles. The van der Waals surface area contributed by atoms with Crippen LogP contribution in [0.15, 0.2) is 22.7 Å². The van der Waals surface area contributed by atoms with E-state index in [1.54, 1.807) is 23.1 Å². The molecule has 2 saturated heterocycles. The number of likely N-dealkylation sites (tertiary alicyclic amines) is 1. The van der Waals surface area contributed by atoms with Crippen LogP contribution in [0.1, 0.15) is 23.2 Å². The van der Waals surface area contributed by atoms with Crippen LogP contribution in [0.3, 0.4) is 0 Å². The second kappa shape index (κ2) is 5.64. The lowest BCUT2D eigenvalue weighted by Gasteiger charge is -2.38. The van der Waals surface area contributed by atoms with Crippen molar-refractivity contribution in [2.45, 2.75) is 18.6 Å². The summed E-state index contributed by atoms with van der Waals surface area (Å²) in [6, 6.07) is 5.23. The van der Waals surface area contributed by atoms with Crippen molar-refractivity contribution in [2.75, 3.05) is 26.3 Å². The van der Waals surface area contributed by atoms with Crippen molar-refractivity contribution < 1.29 is 14.3 Å². The molecule has 0 saturated carbocycles. The number of carbonyl (C=O) groups is 1. The third-order valence-electron chi connectivity index (χ3n) is 3.68. The van der Waals surface area contributed by atoms with Gasteiger partial charge in [-0.15, -0.1) is 0 Å². The number of piperidine rings is 1. The number of hydrogen-bond donors (Lipinski definition) is 0. The summed E-state index contributed by atoms with van der Waals surface area (Å²) in [6.45, 7) is 2.39. The van der Waals surface area contributed by atoms with Crippen LogP contribution in [0, 0.1) is 0 Å². The zero-order chi connectivity index (χ0) is 14.2. The summed E-state index contributed by atoms with van der Waals surface area (Å²) in [4.78, 5) is 14.4. The number of halogens is 2. The fourth-order valence-electron chi connectivity index (χ4n) is 2.73. The molecule has 1 aromatic rings. The average molecular weight is 361 g/mol. The molecule has 0 radical (unpaired) electrons. The summed E-state index contributed by atoms with van der Waals surface area (Å²) < 4.78 is 12.1. The maximum atomic E-state index is 12.6. The number of benzene rings is 1. The SMILES string of the molecule is O=C(c1cc(Cl)ccc1Br)N1CCCC2(C1)OCCO2. The Balaban J connectivity index is 1.81. The standard InChI is InChI=1S/C14H15BrClNO3/c15-12-3-2-10(16)8-11(12)13(18)17-5-1-4-14(9-17)19-6-7-20-14/h2-3,8H,1,4-7,9H2. The number of rotatable bonds is 1. The van der Waals surface area contributed by atoms with Crippen LogP contribution in [0.2, 0.25) is 5.02 Å². The highest BCUT2D eigenvalue weighted by atomic mass is 79.9. The van der Waals surface area contributed by atoms with Crippen LogP contribution in [0.5, 0.6) is 0 Å². The van der Waals surface area contributed by atoms with Gasteiger partial charge in [-0.25, -0.2) is 0 Å². The normalized spacial score (nSPS) is 21.4. The molecule has 0 N–H and O–H groups in total. The fourth-order valence-corrected chi connectivity index (χ4v) is 3.31. The first-order chi connectivity index (χ1) is 9.60. The molecule has 6 heteroatoms. The molecule has 2 aliphatic rings. The van der Waals surface area contributed by atoms with Gasteiger partial charge in [0.15, 0.2) is 5.79 Å². The van der Waals surface area contributed by atoms with Crippen LogP contribution < -0.4 is 0 Å². The van der Waals surface area contributed by atoms with Gasteiger partial charge in [0.05, 0.1) is 25.3 Å². The van der Waals surface area contributed by atoms with Crippen molar-refractivity contribution in [3.05, 3.63) is 33.3 Å². The third-order valence-corrected chi connectivity index (χ3v) is 4.60. The first kappa shape index (κ1) is 14.3. The molecule has 1 aromatic carbocycles. The third kappa shape index (κ3) is 2.72. The maximum Gasteiger partial charge on any atom is 0.255 e. The second-order valence-corrected chi connectivity index (χ2v) is 6.35. The highest BCUT2D eigenvalue weighted by molar-refractivity contribution is 9.10. The lowest BCUT2D eigenvalue weighted by molar-refractivity contribution is -0.183. The van der Waals surface area contributed by atoms with E-state index in [1.165, 1.54) is 0 Å². The summed E-state index contributed by atoms with van der Waals surface area (Å²) in [6.07, 6.45) is 1.72. The first-order valence-electron chi connectivity index (χ1n) is 6.62. The lowest BCUT2D eigenvalue weighted by atomic mass is 10.0.